The lowest BCUT2D eigenvalue weighted by molar-refractivity contribution is 0.0601. The molecule has 0 saturated heterocycles. The van der Waals surface area contributed by atoms with Gasteiger partial charge >= 0.3 is 5.97 Å². The second kappa shape index (κ2) is 8.47. The van der Waals surface area contributed by atoms with E-state index in [2.05, 4.69) is 32.0 Å². The van der Waals surface area contributed by atoms with Gasteiger partial charge in [-0.15, -0.1) is 0 Å². The highest BCUT2D eigenvalue weighted by Crippen LogP contribution is 2.31. The lowest BCUT2D eigenvalue weighted by atomic mass is 10.1. The summed E-state index contributed by atoms with van der Waals surface area (Å²) in [5.41, 5.74) is 5.97. The van der Waals surface area contributed by atoms with Crippen molar-refractivity contribution in [3.8, 4) is 11.6 Å². The van der Waals surface area contributed by atoms with Gasteiger partial charge in [-0.25, -0.2) is 14.8 Å². The molecule has 2 heterocycles. The van der Waals surface area contributed by atoms with Crippen LogP contribution in [0.4, 0.5) is 5.69 Å². The summed E-state index contributed by atoms with van der Waals surface area (Å²) in [6.07, 6.45) is 3.64. The number of ether oxygens (including phenoxy) is 2. The topological polar surface area (TPSA) is 78.3 Å². The number of hydrogen-bond acceptors (Lipinski definition) is 6. The molecule has 158 valence electrons. The highest BCUT2D eigenvalue weighted by molar-refractivity contribution is 5.96. The van der Waals surface area contributed by atoms with Gasteiger partial charge in [0, 0.05) is 24.5 Å². The summed E-state index contributed by atoms with van der Waals surface area (Å²) in [6, 6.07) is 13.6. The Morgan fingerprint density at radius 2 is 1.90 bits per heavy atom. The molecule has 0 amide bonds. The van der Waals surface area contributed by atoms with E-state index in [9.17, 15) is 4.79 Å². The zero-order chi connectivity index (χ0) is 22.0. The first kappa shape index (κ1) is 20.4. The van der Waals surface area contributed by atoms with E-state index in [0.717, 1.165) is 27.7 Å². The quantitative estimate of drug-likeness (QED) is 0.459. The number of aromatic nitrogens is 3. The molecule has 4 aromatic rings. The average Bonchev–Trinajstić information content (AvgIpc) is 3.18. The van der Waals surface area contributed by atoms with E-state index in [1.54, 1.807) is 19.3 Å². The van der Waals surface area contributed by atoms with Crippen LogP contribution < -0.4 is 10.1 Å². The third-order valence-electron chi connectivity index (χ3n) is 5.16. The molecule has 0 aliphatic rings. The molecule has 4 rings (SSSR count). The summed E-state index contributed by atoms with van der Waals surface area (Å²) in [6.45, 7) is 4.54. The van der Waals surface area contributed by atoms with Gasteiger partial charge in [0.2, 0.25) is 5.88 Å². The lowest BCUT2D eigenvalue weighted by Gasteiger charge is -2.15. The summed E-state index contributed by atoms with van der Waals surface area (Å²) < 4.78 is 13.0. The standard InChI is InChI=1S/C24H24N4O3/c1-15-10-20(25-3)18(24(29)30-4)11-22(15)31-23-16(2)9-17(12-26-23)13-28-14-27-19-7-5-6-8-21(19)28/h5-12,14,25H,13H2,1-4H3. The van der Waals surface area contributed by atoms with Crippen molar-refractivity contribution < 1.29 is 14.3 Å². The van der Waals surface area contributed by atoms with Crippen LogP contribution in [-0.4, -0.2) is 34.7 Å². The highest BCUT2D eigenvalue weighted by Gasteiger charge is 2.16. The van der Waals surface area contributed by atoms with E-state index in [0.29, 0.717) is 29.4 Å². The number of hydrogen-bond donors (Lipinski definition) is 1. The molecule has 0 atom stereocenters. The van der Waals surface area contributed by atoms with E-state index in [-0.39, 0.29) is 0 Å². The molecule has 7 heteroatoms. The zero-order valence-corrected chi connectivity index (χ0v) is 18.0. The molecular weight excluding hydrogens is 392 g/mol. The minimum absolute atomic E-state index is 0.409. The fourth-order valence-corrected chi connectivity index (χ4v) is 3.53. The summed E-state index contributed by atoms with van der Waals surface area (Å²) in [5, 5.41) is 3.02. The molecule has 2 aromatic heterocycles. The van der Waals surface area contributed by atoms with E-state index in [1.807, 2.05) is 44.4 Å². The van der Waals surface area contributed by atoms with E-state index in [4.69, 9.17) is 9.47 Å². The Bertz CT molecular complexity index is 1260. The Balaban J connectivity index is 1.60. The van der Waals surface area contributed by atoms with Gasteiger partial charge in [0.05, 0.1) is 36.6 Å². The molecule has 0 fully saturated rings. The number of para-hydroxylation sites is 2. The summed E-state index contributed by atoms with van der Waals surface area (Å²) >= 11 is 0. The third kappa shape index (κ3) is 4.07. The smallest absolute Gasteiger partial charge is 0.340 e. The molecule has 0 unspecified atom stereocenters. The second-order valence-corrected chi connectivity index (χ2v) is 7.33. The summed E-state index contributed by atoms with van der Waals surface area (Å²) in [4.78, 5) is 21.1. The maximum atomic E-state index is 12.1. The Kier molecular flexibility index (Phi) is 5.58. The van der Waals surface area contributed by atoms with Gasteiger partial charge in [-0.1, -0.05) is 12.1 Å². The van der Waals surface area contributed by atoms with Crippen molar-refractivity contribution in [2.75, 3.05) is 19.5 Å². The highest BCUT2D eigenvalue weighted by atomic mass is 16.5. The van der Waals surface area contributed by atoms with Gasteiger partial charge in [0.15, 0.2) is 0 Å². The molecule has 0 aliphatic carbocycles. The maximum Gasteiger partial charge on any atom is 0.340 e. The van der Waals surface area contributed by atoms with Crippen molar-refractivity contribution >= 4 is 22.7 Å². The molecule has 7 nitrogen and oxygen atoms in total. The molecule has 1 N–H and O–H groups in total. The van der Waals surface area contributed by atoms with Crippen LogP contribution in [0.3, 0.4) is 0 Å². The van der Waals surface area contributed by atoms with Crippen LogP contribution in [0.5, 0.6) is 11.6 Å². The SMILES string of the molecule is CNc1cc(C)c(Oc2ncc(Cn3cnc4ccccc43)cc2C)cc1C(=O)OC. The normalized spacial score (nSPS) is 10.8. The largest absolute Gasteiger partial charge is 0.465 e. The number of carbonyl (C=O) groups excluding carboxylic acids is 1. The maximum absolute atomic E-state index is 12.1. The van der Waals surface area contributed by atoms with Crippen molar-refractivity contribution in [1.82, 2.24) is 14.5 Å². The van der Waals surface area contributed by atoms with Crippen molar-refractivity contribution in [1.29, 1.82) is 0 Å². The van der Waals surface area contributed by atoms with Crippen molar-refractivity contribution in [2.24, 2.45) is 0 Å². The number of methoxy groups -OCH3 is 1. The number of benzene rings is 2. The first-order valence-electron chi connectivity index (χ1n) is 9.94. The second-order valence-electron chi connectivity index (χ2n) is 7.33. The predicted octanol–water partition coefficient (Wildman–Crippen LogP) is 4.72. The Morgan fingerprint density at radius 3 is 2.65 bits per heavy atom. The Morgan fingerprint density at radius 1 is 1.10 bits per heavy atom. The van der Waals surface area contributed by atoms with Gasteiger partial charge in [-0.3, -0.25) is 0 Å². The molecule has 0 saturated carbocycles. The van der Waals surface area contributed by atoms with Gasteiger partial charge in [-0.2, -0.15) is 0 Å². The Labute approximate surface area is 180 Å². The van der Waals surface area contributed by atoms with Gasteiger partial charge in [0.1, 0.15) is 5.75 Å². The van der Waals surface area contributed by atoms with Gasteiger partial charge in [-0.05, 0) is 55.3 Å². The average molecular weight is 416 g/mol. The van der Waals surface area contributed by atoms with Crippen molar-refractivity contribution in [2.45, 2.75) is 20.4 Å². The number of nitrogens with zero attached hydrogens (tertiary/aromatic N) is 3. The monoisotopic (exact) mass is 416 g/mol. The minimum Gasteiger partial charge on any atom is -0.465 e. The van der Waals surface area contributed by atoms with Crippen LogP contribution in [-0.2, 0) is 11.3 Å². The number of anilines is 1. The Hall–Kier alpha value is -3.87. The number of aryl methyl sites for hydroxylation is 2. The molecule has 0 bridgehead atoms. The summed E-state index contributed by atoms with van der Waals surface area (Å²) in [5.74, 6) is 0.625. The fourth-order valence-electron chi connectivity index (χ4n) is 3.53. The molecule has 0 radical (unpaired) electrons. The first-order chi connectivity index (χ1) is 15.0. The minimum atomic E-state index is -0.429. The van der Waals surface area contributed by atoms with Crippen LogP contribution in [0.15, 0.2) is 55.0 Å². The van der Waals surface area contributed by atoms with Crippen molar-refractivity contribution in [3.63, 3.8) is 0 Å². The first-order valence-corrected chi connectivity index (χ1v) is 9.94. The van der Waals surface area contributed by atoms with Crippen LogP contribution in [0.2, 0.25) is 0 Å². The van der Waals surface area contributed by atoms with Crippen LogP contribution in [0.1, 0.15) is 27.0 Å². The molecule has 2 aromatic carbocycles. The predicted molar refractivity (Wildman–Crippen MR) is 120 cm³/mol. The molecule has 31 heavy (non-hydrogen) atoms. The lowest BCUT2D eigenvalue weighted by Crippen LogP contribution is -2.07. The van der Waals surface area contributed by atoms with Crippen LogP contribution in [0, 0.1) is 13.8 Å². The number of esters is 1. The fraction of sp³-hybridized carbons (Fsp3) is 0.208. The third-order valence-corrected chi connectivity index (χ3v) is 5.16. The number of nitrogens with one attached hydrogen (secondary N) is 1. The van der Waals surface area contributed by atoms with Crippen molar-refractivity contribution in [3.05, 3.63) is 77.2 Å². The summed E-state index contributed by atoms with van der Waals surface area (Å²) in [7, 11) is 3.12. The molecule has 0 spiro atoms. The number of carbonyl (C=O) groups is 1. The number of fused-ring (bicyclic) bond motifs is 1. The molecule has 0 aliphatic heterocycles. The van der Waals surface area contributed by atoms with Gasteiger partial charge in [0.25, 0.3) is 0 Å². The number of rotatable bonds is 6. The molecular formula is C24H24N4O3. The van der Waals surface area contributed by atoms with E-state index < -0.39 is 5.97 Å². The van der Waals surface area contributed by atoms with E-state index >= 15 is 0 Å². The van der Waals surface area contributed by atoms with Gasteiger partial charge < -0.3 is 19.4 Å². The zero-order valence-electron chi connectivity index (χ0n) is 18.0. The van der Waals surface area contributed by atoms with Crippen LogP contribution in [0.25, 0.3) is 11.0 Å². The number of imidazole rings is 1. The van der Waals surface area contributed by atoms with Crippen LogP contribution >= 0.6 is 0 Å². The van der Waals surface area contributed by atoms with E-state index in [1.165, 1.54) is 7.11 Å². The number of pyridine rings is 1.